The van der Waals surface area contributed by atoms with Crippen LogP contribution in [0.15, 0.2) is 24.3 Å². The summed E-state index contributed by atoms with van der Waals surface area (Å²) in [6.45, 7) is 7.86. The lowest BCUT2D eigenvalue weighted by Gasteiger charge is -2.33. The molecule has 1 amide bonds. The number of nitrogens with zero attached hydrogens (tertiary/aromatic N) is 1. The van der Waals surface area contributed by atoms with Gasteiger partial charge >= 0.3 is 6.18 Å². The number of alkyl halides is 3. The summed E-state index contributed by atoms with van der Waals surface area (Å²) in [5.74, 6) is 0.166. The minimum absolute atomic E-state index is 0.101. The Labute approximate surface area is 140 Å². The molecule has 134 valence electrons. The number of carbonyl (C=O) groups excluding carboxylic acids is 1. The number of ether oxygens (including phenoxy) is 1. The van der Waals surface area contributed by atoms with Crippen LogP contribution in [-0.4, -0.2) is 49.7 Å². The van der Waals surface area contributed by atoms with Gasteiger partial charge in [-0.15, -0.1) is 0 Å². The first-order valence-electron chi connectivity index (χ1n) is 8.05. The molecule has 24 heavy (non-hydrogen) atoms. The third-order valence-corrected chi connectivity index (χ3v) is 3.81. The zero-order valence-electron chi connectivity index (χ0n) is 13.9. The Bertz CT molecular complexity index is 544. The number of rotatable bonds is 5. The van der Waals surface area contributed by atoms with E-state index in [2.05, 4.69) is 24.1 Å². The summed E-state index contributed by atoms with van der Waals surface area (Å²) >= 11 is 0. The van der Waals surface area contributed by atoms with E-state index in [1.807, 2.05) is 0 Å². The van der Waals surface area contributed by atoms with Crippen LogP contribution in [-0.2, 0) is 10.9 Å². The van der Waals surface area contributed by atoms with Crippen molar-refractivity contribution in [3.05, 3.63) is 35.4 Å². The Morgan fingerprint density at radius 3 is 2.58 bits per heavy atom. The quantitative estimate of drug-likeness (QED) is 0.893. The summed E-state index contributed by atoms with van der Waals surface area (Å²) in [5, 5.41) is 2.73. The van der Waals surface area contributed by atoms with E-state index in [0.717, 1.165) is 31.8 Å². The largest absolute Gasteiger partial charge is 0.416 e. The summed E-state index contributed by atoms with van der Waals surface area (Å²) in [6, 6.07) is 4.20. The monoisotopic (exact) mass is 344 g/mol. The lowest BCUT2D eigenvalue weighted by Crippen LogP contribution is -2.48. The van der Waals surface area contributed by atoms with Gasteiger partial charge in [0.1, 0.15) is 0 Å². The first kappa shape index (κ1) is 18.7. The molecule has 0 radical (unpaired) electrons. The van der Waals surface area contributed by atoms with Gasteiger partial charge in [-0.1, -0.05) is 13.8 Å². The van der Waals surface area contributed by atoms with Crippen molar-refractivity contribution in [3.63, 3.8) is 0 Å². The second-order valence-corrected chi connectivity index (χ2v) is 6.43. The van der Waals surface area contributed by atoms with Crippen molar-refractivity contribution in [1.82, 2.24) is 10.2 Å². The van der Waals surface area contributed by atoms with Gasteiger partial charge in [-0.25, -0.2) is 0 Å². The van der Waals surface area contributed by atoms with Crippen molar-refractivity contribution in [1.29, 1.82) is 0 Å². The van der Waals surface area contributed by atoms with Gasteiger partial charge in [-0.2, -0.15) is 13.2 Å². The molecule has 1 aromatic carbocycles. The van der Waals surface area contributed by atoms with Crippen molar-refractivity contribution < 1.29 is 22.7 Å². The molecule has 1 unspecified atom stereocenters. The molecule has 1 saturated heterocycles. The third-order valence-electron chi connectivity index (χ3n) is 3.81. The van der Waals surface area contributed by atoms with Gasteiger partial charge in [-0.05, 0) is 30.2 Å². The van der Waals surface area contributed by atoms with Crippen LogP contribution in [0, 0.1) is 5.92 Å². The van der Waals surface area contributed by atoms with Crippen LogP contribution >= 0.6 is 0 Å². The Hall–Kier alpha value is -1.60. The number of carbonyl (C=O) groups is 1. The van der Waals surface area contributed by atoms with E-state index in [4.69, 9.17) is 4.74 Å². The van der Waals surface area contributed by atoms with Crippen LogP contribution < -0.4 is 5.32 Å². The molecule has 0 saturated carbocycles. The molecule has 1 atom stereocenters. The number of hydrogen-bond donors (Lipinski definition) is 1. The normalized spacial score (nSPS) is 19.5. The number of nitrogens with one attached hydrogen (secondary N) is 1. The van der Waals surface area contributed by atoms with Gasteiger partial charge in [0.15, 0.2) is 0 Å². The van der Waals surface area contributed by atoms with E-state index in [1.165, 1.54) is 12.1 Å². The smallest absolute Gasteiger partial charge is 0.374 e. The minimum Gasteiger partial charge on any atom is -0.374 e. The average Bonchev–Trinajstić information content (AvgIpc) is 2.51. The second kappa shape index (κ2) is 7.98. The topological polar surface area (TPSA) is 41.6 Å². The molecule has 4 nitrogen and oxygen atoms in total. The first-order chi connectivity index (χ1) is 11.3. The van der Waals surface area contributed by atoms with E-state index in [9.17, 15) is 18.0 Å². The molecule has 1 fully saturated rings. The Balaban J connectivity index is 1.84. The average molecular weight is 344 g/mol. The number of amides is 1. The molecule has 0 spiro atoms. The second-order valence-electron chi connectivity index (χ2n) is 6.43. The molecule has 1 aliphatic rings. The minimum atomic E-state index is -4.40. The van der Waals surface area contributed by atoms with E-state index in [1.54, 1.807) is 0 Å². The molecule has 1 N–H and O–H groups in total. The van der Waals surface area contributed by atoms with Gasteiger partial charge in [0.25, 0.3) is 5.91 Å². The van der Waals surface area contributed by atoms with Crippen molar-refractivity contribution in [2.24, 2.45) is 5.92 Å². The zero-order valence-corrected chi connectivity index (χ0v) is 13.9. The third kappa shape index (κ3) is 5.49. The van der Waals surface area contributed by atoms with Gasteiger partial charge in [0, 0.05) is 31.7 Å². The fraction of sp³-hybridized carbons (Fsp3) is 0.588. The Kier molecular flexibility index (Phi) is 6.23. The Morgan fingerprint density at radius 1 is 1.33 bits per heavy atom. The van der Waals surface area contributed by atoms with Crippen LogP contribution in [0.1, 0.15) is 29.8 Å². The van der Waals surface area contributed by atoms with Crippen LogP contribution in [0.3, 0.4) is 0 Å². The van der Waals surface area contributed by atoms with Gasteiger partial charge in [-0.3, -0.25) is 9.69 Å². The maximum Gasteiger partial charge on any atom is 0.416 e. The predicted molar refractivity (Wildman–Crippen MR) is 84.8 cm³/mol. The van der Waals surface area contributed by atoms with E-state index in [-0.39, 0.29) is 11.7 Å². The highest BCUT2D eigenvalue weighted by Crippen LogP contribution is 2.29. The first-order valence-corrected chi connectivity index (χ1v) is 8.05. The van der Waals surface area contributed by atoms with E-state index >= 15 is 0 Å². The highest BCUT2D eigenvalue weighted by Gasteiger charge is 2.30. The van der Waals surface area contributed by atoms with Crippen LogP contribution in [0.2, 0.25) is 0 Å². The van der Waals surface area contributed by atoms with Crippen LogP contribution in [0.4, 0.5) is 13.2 Å². The van der Waals surface area contributed by atoms with Gasteiger partial charge < -0.3 is 10.1 Å². The van der Waals surface area contributed by atoms with E-state index in [0.29, 0.717) is 19.1 Å². The van der Waals surface area contributed by atoms with Gasteiger partial charge in [0.2, 0.25) is 0 Å². The van der Waals surface area contributed by atoms with E-state index < -0.39 is 17.6 Å². The summed E-state index contributed by atoms with van der Waals surface area (Å²) in [5.41, 5.74) is -0.558. The summed E-state index contributed by atoms with van der Waals surface area (Å²) < 4.78 is 43.2. The zero-order chi connectivity index (χ0) is 17.7. The van der Waals surface area contributed by atoms with Crippen molar-refractivity contribution in [2.45, 2.75) is 26.1 Å². The molecule has 7 heteroatoms. The summed E-state index contributed by atoms with van der Waals surface area (Å²) in [6.07, 6.45) is -4.50. The molecule has 0 bridgehead atoms. The van der Waals surface area contributed by atoms with Crippen LogP contribution in [0.25, 0.3) is 0 Å². The number of hydrogen-bond acceptors (Lipinski definition) is 3. The van der Waals surface area contributed by atoms with Crippen LogP contribution in [0.5, 0.6) is 0 Å². The van der Waals surface area contributed by atoms with Crippen molar-refractivity contribution in [3.8, 4) is 0 Å². The molecule has 1 aliphatic heterocycles. The van der Waals surface area contributed by atoms with Gasteiger partial charge in [0.05, 0.1) is 18.3 Å². The van der Waals surface area contributed by atoms with Crippen molar-refractivity contribution >= 4 is 5.91 Å². The standard InChI is InChI=1S/C17H23F3N2O2/c1-12(2)10-22-7-8-24-15(11-22)9-21-16(23)13-3-5-14(6-4-13)17(18,19)20/h3-6,12,15H,7-11H2,1-2H3,(H,21,23). The number of benzene rings is 1. The molecule has 1 heterocycles. The SMILES string of the molecule is CC(C)CN1CCOC(CNC(=O)c2ccc(C(F)(F)F)cc2)C1. The lowest BCUT2D eigenvalue weighted by atomic mass is 10.1. The lowest BCUT2D eigenvalue weighted by molar-refractivity contribution is -0.137. The summed E-state index contributed by atoms with van der Waals surface area (Å²) in [4.78, 5) is 14.3. The molecular weight excluding hydrogens is 321 g/mol. The highest BCUT2D eigenvalue weighted by atomic mass is 19.4. The number of halogens is 3. The fourth-order valence-corrected chi connectivity index (χ4v) is 2.71. The molecule has 1 aromatic rings. The maximum atomic E-state index is 12.5. The maximum absolute atomic E-state index is 12.5. The predicted octanol–water partition coefficient (Wildman–Crippen LogP) is 2.79. The Morgan fingerprint density at radius 2 is 2.00 bits per heavy atom. The molecule has 0 aromatic heterocycles. The molecular formula is C17H23F3N2O2. The fourth-order valence-electron chi connectivity index (χ4n) is 2.71. The van der Waals surface area contributed by atoms with Crippen molar-refractivity contribution in [2.75, 3.05) is 32.8 Å². The summed E-state index contributed by atoms with van der Waals surface area (Å²) in [7, 11) is 0. The molecule has 0 aliphatic carbocycles. The highest BCUT2D eigenvalue weighted by molar-refractivity contribution is 5.94. The number of morpholine rings is 1. The molecule has 2 rings (SSSR count).